The minimum Gasteiger partial charge on any atom is -0.368 e. The van der Waals surface area contributed by atoms with Crippen LogP contribution in [0, 0.1) is 0 Å². The first kappa shape index (κ1) is 14.9. The SMILES string of the molecule is CCCC1CCCCN1c1ccc(Br)cc1CNC. The van der Waals surface area contributed by atoms with E-state index in [4.69, 9.17) is 0 Å². The Labute approximate surface area is 125 Å². The maximum atomic E-state index is 3.59. The topological polar surface area (TPSA) is 15.3 Å². The van der Waals surface area contributed by atoms with Gasteiger partial charge in [0.15, 0.2) is 0 Å². The number of benzene rings is 1. The number of nitrogens with zero attached hydrogens (tertiary/aromatic N) is 1. The molecule has 0 aromatic heterocycles. The zero-order chi connectivity index (χ0) is 13.7. The first-order chi connectivity index (χ1) is 9.26. The number of rotatable bonds is 5. The molecule has 1 heterocycles. The Bertz CT molecular complexity index is 404. The molecule has 0 amide bonds. The van der Waals surface area contributed by atoms with Crippen molar-refractivity contribution >= 4 is 21.6 Å². The van der Waals surface area contributed by atoms with E-state index in [-0.39, 0.29) is 0 Å². The van der Waals surface area contributed by atoms with Gasteiger partial charge < -0.3 is 10.2 Å². The molecule has 1 aliphatic rings. The lowest BCUT2D eigenvalue weighted by Gasteiger charge is -2.39. The molecular weight excluding hydrogens is 300 g/mol. The van der Waals surface area contributed by atoms with Crippen molar-refractivity contribution in [1.82, 2.24) is 5.32 Å². The monoisotopic (exact) mass is 324 g/mol. The number of halogens is 1. The van der Waals surface area contributed by atoms with Crippen molar-refractivity contribution in [3.8, 4) is 0 Å². The summed E-state index contributed by atoms with van der Waals surface area (Å²) in [4.78, 5) is 2.64. The average Bonchev–Trinajstić information content (AvgIpc) is 2.41. The van der Waals surface area contributed by atoms with Gasteiger partial charge in [0.05, 0.1) is 0 Å². The Hall–Kier alpha value is -0.540. The average molecular weight is 325 g/mol. The molecule has 19 heavy (non-hydrogen) atoms. The summed E-state index contributed by atoms with van der Waals surface area (Å²) < 4.78 is 1.17. The Morgan fingerprint density at radius 3 is 2.95 bits per heavy atom. The number of piperidine rings is 1. The van der Waals surface area contributed by atoms with E-state index in [1.54, 1.807) is 0 Å². The van der Waals surface area contributed by atoms with E-state index < -0.39 is 0 Å². The number of hydrogen-bond acceptors (Lipinski definition) is 2. The second-order valence-electron chi connectivity index (χ2n) is 5.44. The smallest absolute Gasteiger partial charge is 0.0415 e. The first-order valence-corrected chi connectivity index (χ1v) is 8.25. The second kappa shape index (κ2) is 7.30. The van der Waals surface area contributed by atoms with Gasteiger partial charge in [0.25, 0.3) is 0 Å². The van der Waals surface area contributed by atoms with Crippen LogP contribution in [0.3, 0.4) is 0 Å². The van der Waals surface area contributed by atoms with Gasteiger partial charge in [-0.3, -0.25) is 0 Å². The van der Waals surface area contributed by atoms with Crippen LogP contribution in [0.15, 0.2) is 22.7 Å². The van der Waals surface area contributed by atoms with E-state index in [0.29, 0.717) is 0 Å². The van der Waals surface area contributed by atoms with Crippen molar-refractivity contribution in [2.75, 3.05) is 18.5 Å². The fourth-order valence-electron chi connectivity index (χ4n) is 3.12. The van der Waals surface area contributed by atoms with Crippen molar-refractivity contribution in [2.45, 2.75) is 51.6 Å². The van der Waals surface area contributed by atoms with E-state index >= 15 is 0 Å². The highest BCUT2D eigenvalue weighted by atomic mass is 79.9. The molecule has 1 aromatic rings. The lowest BCUT2D eigenvalue weighted by atomic mass is 9.96. The van der Waals surface area contributed by atoms with Crippen LogP contribution in [0.25, 0.3) is 0 Å². The molecule has 1 unspecified atom stereocenters. The number of hydrogen-bond donors (Lipinski definition) is 1. The summed E-state index contributed by atoms with van der Waals surface area (Å²) in [5, 5.41) is 3.29. The molecule has 2 rings (SSSR count). The first-order valence-electron chi connectivity index (χ1n) is 7.46. The van der Waals surface area contributed by atoms with Crippen LogP contribution in [-0.4, -0.2) is 19.6 Å². The third-order valence-electron chi connectivity index (χ3n) is 3.97. The third kappa shape index (κ3) is 3.73. The predicted molar refractivity (Wildman–Crippen MR) is 86.8 cm³/mol. The lowest BCUT2D eigenvalue weighted by molar-refractivity contribution is 0.433. The minimum atomic E-state index is 0.732. The van der Waals surface area contributed by atoms with Crippen LogP contribution < -0.4 is 10.2 Å². The number of nitrogens with one attached hydrogen (secondary N) is 1. The van der Waals surface area contributed by atoms with Crippen molar-refractivity contribution < 1.29 is 0 Å². The van der Waals surface area contributed by atoms with Crippen molar-refractivity contribution in [3.63, 3.8) is 0 Å². The molecule has 1 aromatic carbocycles. The molecule has 0 spiro atoms. The van der Waals surface area contributed by atoms with E-state index in [2.05, 4.69) is 51.3 Å². The largest absolute Gasteiger partial charge is 0.368 e. The Kier molecular flexibility index (Phi) is 5.71. The maximum absolute atomic E-state index is 3.59. The molecule has 1 fully saturated rings. The van der Waals surface area contributed by atoms with Crippen LogP contribution in [0.2, 0.25) is 0 Å². The van der Waals surface area contributed by atoms with Gasteiger partial charge in [-0.1, -0.05) is 29.3 Å². The van der Waals surface area contributed by atoms with Crippen LogP contribution in [-0.2, 0) is 6.54 Å². The highest BCUT2D eigenvalue weighted by Gasteiger charge is 2.23. The Morgan fingerprint density at radius 2 is 2.21 bits per heavy atom. The molecule has 0 radical (unpaired) electrons. The van der Waals surface area contributed by atoms with Gasteiger partial charge in [0.1, 0.15) is 0 Å². The minimum absolute atomic E-state index is 0.732. The zero-order valence-electron chi connectivity index (χ0n) is 12.1. The fourth-order valence-corrected chi connectivity index (χ4v) is 3.53. The standard InChI is InChI=1S/C16H25BrN2/c1-3-6-15-7-4-5-10-19(15)16-9-8-14(17)11-13(16)12-18-2/h8-9,11,15,18H,3-7,10,12H2,1-2H3. The van der Waals surface area contributed by atoms with E-state index in [0.717, 1.165) is 12.6 Å². The summed E-state index contributed by atoms with van der Waals surface area (Å²) in [6, 6.07) is 7.44. The molecule has 1 atom stereocenters. The van der Waals surface area contributed by atoms with Gasteiger partial charge >= 0.3 is 0 Å². The summed E-state index contributed by atoms with van der Waals surface area (Å²) in [6.07, 6.45) is 6.66. The predicted octanol–water partition coefficient (Wildman–Crippen LogP) is 4.33. The molecule has 1 N–H and O–H groups in total. The lowest BCUT2D eigenvalue weighted by Crippen LogP contribution is -2.40. The normalized spacial score (nSPS) is 19.7. The zero-order valence-corrected chi connectivity index (χ0v) is 13.7. The van der Waals surface area contributed by atoms with Gasteiger partial charge in [0, 0.05) is 29.3 Å². The fraction of sp³-hybridized carbons (Fsp3) is 0.625. The second-order valence-corrected chi connectivity index (χ2v) is 6.35. The van der Waals surface area contributed by atoms with Gasteiger partial charge in [0.2, 0.25) is 0 Å². The van der Waals surface area contributed by atoms with E-state index in [1.807, 2.05) is 7.05 Å². The Morgan fingerprint density at radius 1 is 1.37 bits per heavy atom. The van der Waals surface area contributed by atoms with E-state index in [9.17, 15) is 0 Å². The Balaban J connectivity index is 2.27. The molecular formula is C16H25BrN2. The summed E-state index contributed by atoms with van der Waals surface area (Å²) in [6.45, 7) is 4.44. The molecule has 0 bridgehead atoms. The van der Waals surface area contributed by atoms with Gasteiger partial charge in [-0.2, -0.15) is 0 Å². The molecule has 106 valence electrons. The van der Waals surface area contributed by atoms with Gasteiger partial charge in [-0.05, 0) is 56.5 Å². The highest BCUT2D eigenvalue weighted by molar-refractivity contribution is 9.10. The molecule has 3 heteroatoms. The third-order valence-corrected chi connectivity index (χ3v) is 4.46. The van der Waals surface area contributed by atoms with Crippen LogP contribution in [0.1, 0.15) is 44.6 Å². The van der Waals surface area contributed by atoms with Crippen LogP contribution >= 0.6 is 15.9 Å². The summed E-state index contributed by atoms with van der Waals surface area (Å²) in [5.74, 6) is 0. The summed E-state index contributed by atoms with van der Waals surface area (Å²) in [7, 11) is 2.02. The van der Waals surface area contributed by atoms with E-state index in [1.165, 1.54) is 54.4 Å². The van der Waals surface area contributed by atoms with Crippen LogP contribution in [0.4, 0.5) is 5.69 Å². The van der Waals surface area contributed by atoms with Crippen LogP contribution in [0.5, 0.6) is 0 Å². The van der Waals surface area contributed by atoms with Gasteiger partial charge in [-0.15, -0.1) is 0 Å². The van der Waals surface area contributed by atoms with Crippen molar-refractivity contribution in [1.29, 1.82) is 0 Å². The van der Waals surface area contributed by atoms with Crippen molar-refractivity contribution in [3.05, 3.63) is 28.2 Å². The maximum Gasteiger partial charge on any atom is 0.0415 e. The number of anilines is 1. The molecule has 1 saturated heterocycles. The van der Waals surface area contributed by atoms with Gasteiger partial charge in [-0.25, -0.2) is 0 Å². The quantitative estimate of drug-likeness (QED) is 0.867. The molecule has 0 aliphatic carbocycles. The molecule has 1 aliphatic heterocycles. The van der Waals surface area contributed by atoms with Crippen molar-refractivity contribution in [2.24, 2.45) is 0 Å². The highest BCUT2D eigenvalue weighted by Crippen LogP contribution is 2.31. The summed E-state index contributed by atoms with van der Waals surface area (Å²) in [5.41, 5.74) is 2.83. The molecule has 0 saturated carbocycles. The summed E-state index contributed by atoms with van der Waals surface area (Å²) >= 11 is 3.59. The molecule has 2 nitrogen and oxygen atoms in total.